The number of carbonyl (C=O) groups is 1. The van der Waals surface area contributed by atoms with Gasteiger partial charge in [-0.1, -0.05) is 45.9 Å². The van der Waals surface area contributed by atoms with Crippen LogP contribution in [0.1, 0.15) is 61.5 Å². The summed E-state index contributed by atoms with van der Waals surface area (Å²) in [5, 5.41) is 9.89. The molecule has 0 saturated carbocycles. The number of nitrogens with zero attached hydrogens (tertiary/aromatic N) is 1. The molecule has 0 fully saturated rings. The lowest BCUT2D eigenvalue weighted by Crippen LogP contribution is -2.21. The van der Waals surface area contributed by atoms with Gasteiger partial charge in [0.1, 0.15) is 34.6 Å². The largest absolute Gasteiger partial charge is 0.494 e. The Kier molecular flexibility index (Phi) is 8.77. The number of nitriles is 1. The minimum atomic E-state index is -0.509. The number of allylic oxidation sites excluding steroid dienone is 1. The number of rotatable bonds is 10. The second kappa shape index (κ2) is 12.4. The zero-order valence-corrected chi connectivity index (χ0v) is 22.8. The van der Waals surface area contributed by atoms with Crippen LogP contribution < -0.4 is 24.7 Å². The first kappa shape index (κ1) is 27.6. The normalized spacial score (nSPS) is 14.4. The van der Waals surface area contributed by atoms with Crippen molar-refractivity contribution >= 4 is 5.97 Å². The molecule has 202 valence electrons. The van der Waals surface area contributed by atoms with Crippen molar-refractivity contribution in [3.63, 3.8) is 0 Å². The number of hydrogen-bond donors (Lipinski definition) is 1. The Balaban J connectivity index is 1.54. The molecule has 1 atom stereocenters. The molecule has 0 bridgehead atoms. The summed E-state index contributed by atoms with van der Waals surface area (Å²) < 4.78 is 23.0. The third kappa shape index (κ3) is 6.91. The van der Waals surface area contributed by atoms with Crippen LogP contribution in [-0.2, 0) is 0 Å². The van der Waals surface area contributed by atoms with E-state index in [1.807, 2.05) is 24.3 Å². The number of nitrogens with two attached hydrogens (primary N) is 1. The average molecular weight is 527 g/mol. The quantitative estimate of drug-likeness (QED) is 0.235. The maximum absolute atomic E-state index is 12.8. The van der Waals surface area contributed by atoms with Crippen LogP contribution in [0.15, 0.2) is 78.2 Å². The molecule has 1 heterocycles. The van der Waals surface area contributed by atoms with E-state index in [4.69, 9.17) is 24.7 Å². The van der Waals surface area contributed by atoms with Gasteiger partial charge < -0.3 is 24.7 Å². The van der Waals surface area contributed by atoms with E-state index < -0.39 is 11.9 Å². The fourth-order valence-electron chi connectivity index (χ4n) is 4.15. The van der Waals surface area contributed by atoms with Gasteiger partial charge in [0, 0.05) is 11.6 Å². The number of benzene rings is 3. The molecule has 7 nitrogen and oxygen atoms in total. The molecule has 0 spiro atoms. The lowest BCUT2D eigenvalue weighted by atomic mass is 9.83. The van der Waals surface area contributed by atoms with Crippen molar-refractivity contribution in [1.82, 2.24) is 0 Å². The van der Waals surface area contributed by atoms with Crippen molar-refractivity contribution < 1.29 is 23.7 Å². The standard InChI is InChI=1S/C32H34N2O5/c1-20(2)14-15-36-25-7-5-6-23(16-25)30-27-13-12-26(17-29(27)39-31(34)28(30)18-33)38-32(35)22-8-10-24(11-9-22)37-19-21(3)4/h5-13,16-17,20-21,30H,14-15,19,34H2,1-4H3. The van der Waals surface area contributed by atoms with Gasteiger partial charge >= 0.3 is 5.97 Å². The van der Waals surface area contributed by atoms with Crippen LogP contribution in [-0.4, -0.2) is 19.2 Å². The Labute approximate surface area is 229 Å². The highest BCUT2D eigenvalue weighted by Crippen LogP contribution is 2.44. The molecule has 39 heavy (non-hydrogen) atoms. The third-order valence-corrected chi connectivity index (χ3v) is 6.23. The maximum atomic E-state index is 12.8. The molecule has 1 aliphatic rings. The van der Waals surface area contributed by atoms with Crippen LogP contribution in [0.5, 0.6) is 23.0 Å². The van der Waals surface area contributed by atoms with Crippen LogP contribution in [0.25, 0.3) is 0 Å². The summed E-state index contributed by atoms with van der Waals surface area (Å²) in [6.45, 7) is 9.65. The van der Waals surface area contributed by atoms with Crippen LogP contribution in [0.3, 0.4) is 0 Å². The summed E-state index contributed by atoms with van der Waals surface area (Å²) in [6.07, 6.45) is 0.943. The van der Waals surface area contributed by atoms with Gasteiger partial charge in [-0.3, -0.25) is 0 Å². The van der Waals surface area contributed by atoms with Gasteiger partial charge in [-0.05, 0) is 66.3 Å². The van der Waals surface area contributed by atoms with E-state index in [9.17, 15) is 10.1 Å². The van der Waals surface area contributed by atoms with Crippen molar-refractivity contribution in [3.05, 3.63) is 94.9 Å². The molecule has 3 aromatic carbocycles. The average Bonchev–Trinajstić information content (AvgIpc) is 2.91. The third-order valence-electron chi connectivity index (χ3n) is 6.23. The lowest BCUT2D eigenvalue weighted by molar-refractivity contribution is 0.0734. The summed E-state index contributed by atoms with van der Waals surface area (Å²) in [6, 6.07) is 21.8. The second-order valence-electron chi connectivity index (χ2n) is 10.3. The van der Waals surface area contributed by atoms with Crippen molar-refractivity contribution in [1.29, 1.82) is 5.26 Å². The molecule has 7 heteroatoms. The first-order valence-corrected chi connectivity index (χ1v) is 13.1. The predicted octanol–water partition coefficient (Wildman–Crippen LogP) is 6.58. The van der Waals surface area contributed by atoms with Gasteiger partial charge in [0.25, 0.3) is 0 Å². The first-order valence-electron chi connectivity index (χ1n) is 13.1. The smallest absolute Gasteiger partial charge is 0.343 e. The number of esters is 1. The fourth-order valence-corrected chi connectivity index (χ4v) is 4.15. The minimum absolute atomic E-state index is 0.0154. The maximum Gasteiger partial charge on any atom is 0.343 e. The van der Waals surface area contributed by atoms with Crippen LogP contribution in [0.4, 0.5) is 0 Å². The summed E-state index contributed by atoms with van der Waals surface area (Å²) in [5.74, 6) is 2.14. The summed E-state index contributed by atoms with van der Waals surface area (Å²) in [5.41, 5.74) is 8.47. The number of hydrogen-bond acceptors (Lipinski definition) is 7. The van der Waals surface area contributed by atoms with E-state index in [1.165, 1.54) is 0 Å². The van der Waals surface area contributed by atoms with E-state index in [1.54, 1.807) is 42.5 Å². The van der Waals surface area contributed by atoms with E-state index in [0.29, 0.717) is 53.4 Å². The molecule has 3 aromatic rings. The first-order chi connectivity index (χ1) is 18.7. The zero-order chi connectivity index (χ0) is 27.9. The highest BCUT2D eigenvalue weighted by molar-refractivity contribution is 5.91. The molecule has 4 rings (SSSR count). The molecule has 0 amide bonds. The van der Waals surface area contributed by atoms with Crippen LogP contribution in [0.2, 0.25) is 0 Å². The SMILES string of the molecule is CC(C)CCOc1cccc(C2C(C#N)=C(N)Oc3cc(OC(=O)c4ccc(OCC(C)C)cc4)ccc32)c1. The predicted molar refractivity (Wildman–Crippen MR) is 149 cm³/mol. The monoisotopic (exact) mass is 526 g/mol. The Morgan fingerprint density at radius 1 is 0.949 bits per heavy atom. The van der Waals surface area contributed by atoms with E-state index in [0.717, 1.165) is 23.3 Å². The highest BCUT2D eigenvalue weighted by Gasteiger charge is 2.31. The molecule has 0 radical (unpaired) electrons. The van der Waals surface area contributed by atoms with Crippen molar-refractivity contribution in [2.45, 2.75) is 40.0 Å². The molecule has 0 saturated heterocycles. The van der Waals surface area contributed by atoms with Gasteiger partial charge in [0.15, 0.2) is 0 Å². The zero-order valence-electron chi connectivity index (χ0n) is 22.8. The molecule has 2 N–H and O–H groups in total. The molecular formula is C32H34N2O5. The van der Waals surface area contributed by atoms with Crippen molar-refractivity contribution in [3.8, 4) is 29.1 Å². The summed E-state index contributed by atoms with van der Waals surface area (Å²) in [4.78, 5) is 12.8. The molecule has 0 aliphatic carbocycles. The van der Waals surface area contributed by atoms with Gasteiger partial charge in [-0.25, -0.2) is 4.79 Å². The number of ether oxygens (including phenoxy) is 4. The highest BCUT2D eigenvalue weighted by atomic mass is 16.5. The van der Waals surface area contributed by atoms with Crippen molar-refractivity contribution in [2.24, 2.45) is 17.6 Å². The number of carbonyl (C=O) groups excluding carboxylic acids is 1. The molecule has 0 aromatic heterocycles. The van der Waals surface area contributed by atoms with Crippen LogP contribution >= 0.6 is 0 Å². The molecule has 1 aliphatic heterocycles. The van der Waals surface area contributed by atoms with E-state index in [-0.39, 0.29) is 5.88 Å². The van der Waals surface area contributed by atoms with E-state index >= 15 is 0 Å². The van der Waals surface area contributed by atoms with Gasteiger partial charge in [-0.15, -0.1) is 0 Å². The summed E-state index contributed by atoms with van der Waals surface area (Å²) in [7, 11) is 0. The Hall–Kier alpha value is -4.44. The second-order valence-corrected chi connectivity index (χ2v) is 10.3. The minimum Gasteiger partial charge on any atom is -0.494 e. The topological polar surface area (TPSA) is 104 Å². The van der Waals surface area contributed by atoms with Crippen molar-refractivity contribution in [2.75, 3.05) is 13.2 Å². The van der Waals surface area contributed by atoms with Gasteiger partial charge in [0.05, 0.1) is 24.7 Å². The fraction of sp³-hybridized carbons (Fsp3) is 0.312. The number of fused-ring (bicyclic) bond motifs is 1. The summed E-state index contributed by atoms with van der Waals surface area (Å²) >= 11 is 0. The van der Waals surface area contributed by atoms with Crippen LogP contribution in [0, 0.1) is 23.2 Å². The Morgan fingerprint density at radius 3 is 2.38 bits per heavy atom. The van der Waals surface area contributed by atoms with Gasteiger partial charge in [0.2, 0.25) is 5.88 Å². The van der Waals surface area contributed by atoms with E-state index in [2.05, 4.69) is 33.8 Å². The molecular weight excluding hydrogens is 492 g/mol. The molecule has 1 unspecified atom stereocenters. The lowest BCUT2D eigenvalue weighted by Gasteiger charge is -2.27. The van der Waals surface area contributed by atoms with Gasteiger partial charge in [-0.2, -0.15) is 5.26 Å². The Morgan fingerprint density at radius 2 is 1.69 bits per heavy atom. The Bertz CT molecular complexity index is 1390.